The summed E-state index contributed by atoms with van der Waals surface area (Å²) in [4.78, 5) is 16.7. The lowest BCUT2D eigenvalue weighted by molar-refractivity contribution is 0.0951. The van der Waals surface area contributed by atoms with Gasteiger partial charge in [0.25, 0.3) is 5.91 Å². The zero-order valence-corrected chi connectivity index (χ0v) is 14.4. The number of aryl methyl sites for hydroxylation is 1. The lowest BCUT2D eigenvalue weighted by atomic mass is 10.1. The Balaban J connectivity index is 1.67. The SMILES string of the molecule is COc1ccc(-c2csc(CNC(=O)c3ccccc3)n2)cc1C. The highest BCUT2D eigenvalue weighted by molar-refractivity contribution is 7.09. The Labute approximate surface area is 145 Å². The quantitative estimate of drug-likeness (QED) is 0.763. The number of rotatable bonds is 5. The second-order valence-electron chi connectivity index (χ2n) is 5.36. The van der Waals surface area contributed by atoms with E-state index in [0.29, 0.717) is 12.1 Å². The highest BCUT2D eigenvalue weighted by atomic mass is 32.1. The van der Waals surface area contributed by atoms with Crippen LogP contribution in [0.5, 0.6) is 5.75 Å². The fourth-order valence-electron chi connectivity index (χ4n) is 2.41. The second-order valence-corrected chi connectivity index (χ2v) is 6.30. The van der Waals surface area contributed by atoms with Crippen molar-refractivity contribution in [3.05, 3.63) is 70.0 Å². The number of nitrogens with one attached hydrogen (secondary N) is 1. The van der Waals surface area contributed by atoms with E-state index < -0.39 is 0 Å². The molecule has 0 aliphatic heterocycles. The third-order valence-electron chi connectivity index (χ3n) is 3.68. The van der Waals surface area contributed by atoms with Gasteiger partial charge in [0.15, 0.2) is 0 Å². The monoisotopic (exact) mass is 338 g/mol. The number of carbonyl (C=O) groups is 1. The van der Waals surface area contributed by atoms with Crippen LogP contribution in [0, 0.1) is 6.92 Å². The van der Waals surface area contributed by atoms with E-state index in [1.165, 1.54) is 0 Å². The summed E-state index contributed by atoms with van der Waals surface area (Å²) in [7, 11) is 1.67. The number of amides is 1. The topological polar surface area (TPSA) is 51.2 Å². The Morgan fingerprint density at radius 3 is 2.71 bits per heavy atom. The summed E-state index contributed by atoms with van der Waals surface area (Å²) in [5, 5.41) is 5.78. The van der Waals surface area contributed by atoms with Crippen molar-refractivity contribution >= 4 is 17.2 Å². The van der Waals surface area contributed by atoms with Gasteiger partial charge in [-0.15, -0.1) is 11.3 Å². The van der Waals surface area contributed by atoms with Crippen LogP contribution in [-0.4, -0.2) is 18.0 Å². The van der Waals surface area contributed by atoms with Crippen molar-refractivity contribution < 1.29 is 9.53 Å². The number of aromatic nitrogens is 1. The summed E-state index contributed by atoms with van der Waals surface area (Å²) in [6, 6.07) is 15.2. The van der Waals surface area contributed by atoms with Crippen LogP contribution >= 0.6 is 11.3 Å². The van der Waals surface area contributed by atoms with Crippen molar-refractivity contribution in [3.8, 4) is 17.0 Å². The predicted octanol–water partition coefficient (Wildman–Crippen LogP) is 4.06. The van der Waals surface area contributed by atoms with Gasteiger partial charge in [-0.2, -0.15) is 0 Å². The second kappa shape index (κ2) is 7.27. The van der Waals surface area contributed by atoms with E-state index in [0.717, 1.165) is 27.6 Å². The summed E-state index contributed by atoms with van der Waals surface area (Å²) in [6.07, 6.45) is 0. The van der Waals surface area contributed by atoms with Crippen LogP contribution in [0.1, 0.15) is 20.9 Å². The van der Waals surface area contributed by atoms with Crippen molar-refractivity contribution in [2.24, 2.45) is 0 Å². The lowest BCUT2D eigenvalue weighted by Gasteiger charge is -2.05. The first-order valence-electron chi connectivity index (χ1n) is 7.60. The lowest BCUT2D eigenvalue weighted by Crippen LogP contribution is -2.22. The van der Waals surface area contributed by atoms with E-state index in [2.05, 4.69) is 16.4 Å². The van der Waals surface area contributed by atoms with E-state index in [9.17, 15) is 4.79 Å². The predicted molar refractivity (Wildman–Crippen MR) is 96.5 cm³/mol. The van der Waals surface area contributed by atoms with Gasteiger partial charge >= 0.3 is 0 Å². The third kappa shape index (κ3) is 3.63. The minimum Gasteiger partial charge on any atom is -0.496 e. The summed E-state index contributed by atoms with van der Waals surface area (Å²) >= 11 is 1.54. The number of benzene rings is 2. The first-order chi connectivity index (χ1) is 11.7. The molecular formula is C19H18N2O2S. The van der Waals surface area contributed by atoms with Crippen LogP contribution < -0.4 is 10.1 Å². The summed E-state index contributed by atoms with van der Waals surface area (Å²) in [6.45, 7) is 2.43. The summed E-state index contributed by atoms with van der Waals surface area (Å²) < 4.78 is 5.28. The summed E-state index contributed by atoms with van der Waals surface area (Å²) in [5.74, 6) is 0.775. The molecule has 4 nitrogen and oxygen atoms in total. The van der Waals surface area contributed by atoms with E-state index in [-0.39, 0.29) is 5.91 Å². The molecule has 0 unspecified atom stereocenters. The molecule has 1 amide bonds. The average Bonchev–Trinajstić information content (AvgIpc) is 3.09. The van der Waals surface area contributed by atoms with Crippen molar-refractivity contribution in [2.45, 2.75) is 13.5 Å². The smallest absolute Gasteiger partial charge is 0.251 e. The van der Waals surface area contributed by atoms with Crippen LogP contribution in [0.2, 0.25) is 0 Å². The zero-order valence-electron chi connectivity index (χ0n) is 13.6. The van der Waals surface area contributed by atoms with E-state index in [4.69, 9.17) is 4.74 Å². The molecule has 1 N–H and O–H groups in total. The van der Waals surface area contributed by atoms with E-state index in [1.807, 2.05) is 42.6 Å². The molecule has 2 aromatic carbocycles. The molecule has 0 radical (unpaired) electrons. The standard InChI is InChI=1S/C19H18N2O2S/c1-13-10-15(8-9-17(13)23-2)16-12-24-18(21-16)11-20-19(22)14-6-4-3-5-7-14/h3-10,12H,11H2,1-2H3,(H,20,22). The van der Waals surface area contributed by atoms with Gasteiger partial charge in [0.2, 0.25) is 0 Å². The van der Waals surface area contributed by atoms with Gasteiger partial charge in [0.1, 0.15) is 10.8 Å². The molecule has 0 bridgehead atoms. The molecule has 0 aliphatic rings. The first-order valence-corrected chi connectivity index (χ1v) is 8.48. The van der Waals surface area contributed by atoms with Gasteiger partial charge in [-0.05, 0) is 42.8 Å². The van der Waals surface area contributed by atoms with Crippen LogP contribution in [0.15, 0.2) is 53.9 Å². The van der Waals surface area contributed by atoms with Crippen molar-refractivity contribution in [1.82, 2.24) is 10.3 Å². The van der Waals surface area contributed by atoms with Gasteiger partial charge in [-0.3, -0.25) is 4.79 Å². The molecule has 0 atom stereocenters. The van der Waals surface area contributed by atoms with Crippen LogP contribution in [0.4, 0.5) is 0 Å². The molecule has 0 fully saturated rings. The molecule has 0 saturated carbocycles. The highest BCUT2D eigenvalue weighted by Gasteiger charge is 2.09. The maximum Gasteiger partial charge on any atom is 0.251 e. The molecule has 1 heterocycles. The largest absolute Gasteiger partial charge is 0.496 e. The molecule has 3 rings (SSSR count). The Bertz CT molecular complexity index is 844. The Morgan fingerprint density at radius 1 is 1.21 bits per heavy atom. The zero-order chi connectivity index (χ0) is 16.9. The minimum atomic E-state index is -0.0901. The number of hydrogen-bond donors (Lipinski definition) is 1. The molecule has 0 spiro atoms. The molecular weight excluding hydrogens is 320 g/mol. The molecule has 0 aliphatic carbocycles. The van der Waals surface area contributed by atoms with Gasteiger partial charge in [0.05, 0.1) is 19.3 Å². The van der Waals surface area contributed by atoms with Gasteiger partial charge < -0.3 is 10.1 Å². The van der Waals surface area contributed by atoms with Crippen molar-refractivity contribution in [1.29, 1.82) is 0 Å². The van der Waals surface area contributed by atoms with Gasteiger partial charge in [-0.25, -0.2) is 4.98 Å². The first kappa shape index (κ1) is 16.2. The Hall–Kier alpha value is -2.66. The molecule has 5 heteroatoms. The number of thiazole rings is 1. The molecule has 24 heavy (non-hydrogen) atoms. The highest BCUT2D eigenvalue weighted by Crippen LogP contribution is 2.27. The number of hydrogen-bond acceptors (Lipinski definition) is 4. The summed E-state index contributed by atoms with van der Waals surface area (Å²) in [5.41, 5.74) is 3.68. The Kier molecular flexibility index (Phi) is 4.91. The van der Waals surface area contributed by atoms with Gasteiger partial charge in [-0.1, -0.05) is 18.2 Å². The Morgan fingerprint density at radius 2 is 2.00 bits per heavy atom. The van der Waals surface area contributed by atoms with E-state index in [1.54, 1.807) is 30.6 Å². The van der Waals surface area contributed by atoms with Crippen LogP contribution in [0.3, 0.4) is 0 Å². The molecule has 122 valence electrons. The maximum absolute atomic E-state index is 12.1. The third-order valence-corrected chi connectivity index (χ3v) is 4.53. The van der Waals surface area contributed by atoms with Crippen LogP contribution in [-0.2, 0) is 6.54 Å². The number of nitrogens with zero attached hydrogens (tertiary/aromatic N) is 1. The fraction of sp³-hybridized carbons (Fsp3) is 0.158. The molecule has 1 aromatic heterocycles. The van der Waals surface area contributed by atoms with Crippen LogP contribution in [0.25, 0.3) is 11.3 Å². The fourth-order valence-corrected chi connectivity index (χ4v) is 3.15. The van der Waals surface area contributed by atoms with Crippen molar-refractivity contribution in [3.63, 3.8) is 0 Å². The van der Waals surface area contributed by atoms with Crippen molar-refractivity contribution in [2.75, 3.05) is 7.11 Å². The van der Waals surface area contributed by atoms with Gasteiger partial charge in [0, 0.05) is 16.5 Å². The van der Waals surface area contributed by atoms with E-state index >= 15 is 0 Å². The molecule has 3 aromatic rings. The number of carbonyl (C=O) groups excluding carboxylic acids is 1. The maximum atomic E-state index is 12.1. The normalized spacial score (nSPS) is 10.4. The number of ether oxygens (including phenoxy) is 1. The molecule has 0 saturated heterocycles. The number of methoxy groups -OCH3 is 1. The average molecular weight is 338 g/mol. The minimum absolute atomic E-state index is 0.0901.